The number of aromatic nitrogens is 4. The Kier molecular flexibility index (Phi) is 5.40. The lowest BCUT2D eigenvalue weighted by Gasteiger charge is -2.08. The van der Waals surface area contributed by atoms with E-state index in [-0.39, 0.29) is 5.95 Å². The number of rotatable bonds is 2. The van der Waals surface area contributed by atoms with Crippen LogP contribution in [0, 0.1) is 0 Å². The van der Waals surface area contributed by atoms with Gasteiger partial charge in [0.15, 0.2) is 0 Å². The van der Waals surface area contributed by atoms with Gasteiger partial charge < -0.3 is 5.73 Å². The lowest BCUT2D eigenvalue weighted by atomic mass is 10.0. The quantitative estimate of drug-likeness (QED) is 0.910. The predicted molar refractivity (Wildman–Crippen MR) is 101 cm³/mol. The van der Waals surface area contributed by atoms with Gasteiger partial charge in [0.2, 0.25) is 5.95 Å². The standard InChI is InChI=1S/C20H17N5/c21-20-23-18(19(24-25-20)17-12-14-22-15-13-17)16-10-8-6-4-2-1-3-5-7-9-11-16/h1-15H,(H2,21,23,25)/b2-1-,3-1?,4-2?,5-3-,6-4-,7-5?,8-6?,9-7-,10-8-,11-9?,16-10?,16-11+. The van der Waals surface area contributed by atoms with Crippen molar-refractivity contribution in [3.05, 3.63) is 97.1 Å². The highest BCUT2D eigenvalue weighted by Crippen LogP contribution is 2.26. The van der Waals surface area contributed by atoms with E-state index in [4.69, 9.17) is 5.73 Å². The van der Waals surface area contributed by atoms with Crippen LogP contribution in [-0.2, 0) is 0 Å². The highest BCUT2D eigenvalue weighted by atomic mass is 15.2. The maximum atomic E-state index is 5.78. The molecule has 2 aromatic heterocycles. The lowest BCUT2D eigenvalue weighted by molar-refractivity contribution is 0.982. The summed E-state index contributed by atoms with van der Waals surface area (Å²) in [5.41, 5.74) is 8.88. The van der Waals surface area contributed by atoms with Crippen LogP contribution in [0.25, 0.3) is 16.8 Å². The number of anilines is 1. The zero-order valence-electron chi connectivity index (χ0n) is 13.5. The largest absolute Gasteiger partial charge is 0.366 e. The molecule has 0 fully saturated rings. The molecule has 122 valence electrons. The van der Waals surface area contributed by atoms with Crippen molar-refractivity contribution in [3.8, 4) is 11.3 Å². The van der Waals surface area contributed by atoms with Crippen molar-refractivity contribution in [3.63, 3.8) is 0 Å². The number of nitrogens with two attached hydrogens (primary N) is 1. The molecule has 5 heteroatoms. The fourth-order valence-corrected chi connectivity index (χ4v) is 2.22. The van der Waals surface area contributed by atoms with Gasteiger partial charge in [-0.05, 0) is 12.1 Å². The molecule has 3 rings (SSSR count). The number of hydrogen-bond acceptors (Lipinski definition) is 5. The van der Waals surface area contributed by atoms with Crippen molar-refractivity contribution in [1.82, 2.24) is 20.2 Å². The van der Waals surface area contributed by atoms with Gasteiger partial charge in [-0.3, -0.25) is 4.98 Å². The van der Waals surface area contributed by atoms with Gasteiger partial charge >= 0.3 is 0 Å². The second kappa shape index (κ2) is 8.31. The molecule has 0 amide bonds. The van der Waals surface area contributed by atoms with E-state index in [9.17, 15) is 0 Å². The van der Waals surface area contributed by atoms with Crippen LogP contribution in [-0.4, -0.2) is 20.2 Å². The summed E-state index contributed by atoms with van der Waals surface area (Å²) in [6, 6.07) is 3.74. The second-order valence-corrected chi connectivity index (χ2v) is 5.12. The van der Waals surface area contributed by atoms with Crippen LogP contribution >= 0.6 is 0 Å². The SMILES string of the molecule is Nc1nnc(-c2ccncc2)c(C2=C/C=C\C=C/C=C\C=C/C=C\2)n1. The Morgan fingerprint density at radius 2 is 1.32 bits per heavy atom. The van der Waals surface area contributed by atoms with Crippen molar-refractivity contribution in [2.75, 3.05) is 5.73 Å². The minimum absolute atomic E-state index is 0.135. The third-order valence-electron chi connectivity index (χ3n) is 3.37. The maximum Gasteiger partial charge on any atom is 0.240 e. The van der Waals surface area contributed by atoms with Gasteiger partial charge in [-0.2, -0.15) is 0 Å². The summed E-state index contributed by atoms with van der Waals surface area (Å²) in [4.78, 5) is 8.46. The first kappa shape index (κ1) is 16.3. The molecular weight excluding hydrogens is 310 g/mol. The Balaban J connectivity index is 2.11. The van der Waals surface area contributed by atoms with Crippen LogP contribution in [0.2, 0.25) is 0 Å². The molecule has 0 unspecified atom stereocenters. The van der Waals surface area contributed by atoms with E-state index in [1.165, 1.54) is 0 Å². The Labute approximate surface area is 146 Å². The van der Waals surface area contributed by atoms with Gasteiger partial charge in [-0.25, -0.2) is 4.98 Å². The molecule has 2 N–H and O–H groups in total. The van der Waals surface area contributed by atoms with E-state index in [2.05, 4.69) is 20.2 Å². The summed E-state index contributed by atoms with van der Waals surface area (Å²) >= 11 is 0. The summed E-state index contributed by atoms with van der Waals surface area (Å²) < 4.78 is 0. The molecule has 2 heterocycles. The van der Waals surface area contributed by atoms with Crippen LogP contribution < -0.4 is 5.73 Å². The number of pyridine rings is 1. The first-order chi connectivity index (χ1) is 12.3. The maximum absolute atomic E-state index is 5.78. The van der Waals surface area contributed by atoms with E-state index in [1.54, 1.807) is 12.4 Å². The summed E-state index contributed by atoms with van der Waals surface area (Å²) in [6.07, 6.45) is 25.0. The zero-order chi connectivity index (χ0) is 17.3. The number of hydrogen-bond donors (Lipinski definition) is 1. The van der Waals surface area contributed by atoms with Gasteiger partial charge in [0.1, 0.15) is 11.4 Å². The first-order valence-corrected chi connectivity index (χ1v) is 7.80. The van der Waals surface area contributed by atoms with Gasteiger partial charge in [-0.15, -0.1) is 10.2 Å². The van der Waals surface area contributed by atoms with Crippen molar-refractivity contribution in [2.24, 2.45) is 0 Å². The number of nitrogen functional groups attached to an aromatic ring is 1. The summed E-state index contributed by atoms with van der Waals surface area (Å²) in [5, 5.41) is 8.15. The average Bonchev–Trinajstić information content (AvgIpc) is 2.63. The van der Waals surface area contributed by atoms with E-state index in [0.29, 0.717) is 11.4 Å². The molecule has 2 aromatic rings. The smallest absolute Gasteiger partial charge is 0.240 e. The molecule has 0 atom stereocenters. The van der Waals surface area contributed by atoms with E-state index >= 15 is 0 Å². The minimum atomic E-state index is 0.135. The Morgan fingerprint density at radius 3 is 2.04 bits per heavy atom. The first-order valence-electron chi connectivity index (χ1n) is 7.80. The monoisotopic (exact) mass is 327 g/mol. The Bertz CT molecular complexity index is 903. The molecule has 1 aliphatic carbocycles. The normalized spacial score (nSPS) is 22.5. The van der Waals surface area contributed by atoms with Crippen LogP contribution in [0.1, 0.15) is 5.69 Å². The fourth-order valence-electron chi connectivity index (χ4n) is 2.22. The molecule has 0 saturated carbocycles. The van der Waals surface area contributed by atoms with Gasteiger partial charge in [0.25, 0.3) is 0 Å². The molecule has 25 heavy (non-hydrogen) atoms. The van der Waals surface area contributed by atoms with Crippen molar-refractivity contribution < 1.29 is 0 Å². The second-order valence-electron chi connectivity index (χ2n) is 5.12. The molecule has 5 nitrogen and oxygen atoms in total. The Morgan fingerprint density at radius 1 is 0.680 bits per heavy atom. The van der Waals surface area contributed by atoms with Crippen LogP contribution in [0.15, 0.2) is 91.4 Å². The summed E-state index contributed by atoms with van der Waals surface area (Å²) in [5.74, 6) is 0.135. The molecule has 0 spiro atoms. The van der Waals surface area contributed by atoms with Crippen molar-refractivity contribution in [2.45, 2.75) is 0 Å². The highest BCUT2D eigenvalue weighted by molar-refractivity contribution is 5.82. The number of nitrogens with zero attached hydrogens (tertiary/aromatic N) is 4. The average molecular weight is 327 g/mol. The summed E-state index contributed by atoms with van der Waals surface area (Å²) in [7, 11) is 0. The summed E-state index contributed by atoms with van der Waals surface area (Å²) in [6.45, 7) is 0. The van der Waals surface area contributed by atoms with E-state index < -0.39 is 0 Å². The van der Waals surface area contributed by atoms with Crippen molar-refractivity contribution >= 4 is 11.5 Å². The van der Waals surface area contributed by atoms with Crippen LogP contribution in [0.4, 0.5) is 5.95 Å². The third kappa shape index (κ3) is 4.45. The van der Waals surface area contributed by atoms with Crippen LogP contribution in [0.5, 0.6) is 0 Å². The predicted octanol–water partition coefficient (Wildman–Crippen LogP) is 3.69. The van der Waals surface area contributed by atoms with E-state index in [0.717, 1.165) is 11.1 Å². The van der Waals surface area contributed by atoms with Gasteiger partial charge in [0, 0.05) is 23.5 Å². The fraction of sp³-hybridized carbons (Fsp3) is 0. The van der Waals surface area contributed by atoms with Gasteiger partial charge in [-0.1, -0.05) is 66.8 Å². The highest BCUT2D eigenvalue weighted by Gasteiger charge is 2.12. The molecule has 0 saturated heterocycles. The molecule has 0 radical (unpaired) electrons. The van der Waals surface area contributed by atoms with Crippen molar-refractivity contribution in [1.29, 1.82) is 0 Å². The van der Waals surface area contributed by atoms with Crippen LogP contribution in [0.3, 0.4) is 0 Å². The minimum Gasteiger partial charge on any atom is -0.366 e. The Hall–Kier alpha value is -3.60. The molecule has 0 aromatic carbocycles. The number of allylic oxidation sites excluding steroid dienone is 12. The van der Waals surface area contributed by atoms with Gasteiger partial charge in [0.05, 0.1) is 0 Å². The molecule has 0 aliphatic heterocycles. The third-order valence-corrected chi connectivity index (χ3v) is 3.37. The lowest BCUT2D eigenvalue weighted by Crippen LogP contribution is -2.04. The molecular formula is C20H17N5. The zero-order valence-corrected chi connectivity index (χ0v) is 13.5. The molecule has 0 bridgehead atoms. The molecule has 1 aliphatic rings. The topological polar surface area (TPSA) is 77.6 Å². The van der Waals surface area contributed by atoms with E-state index in [1.807, 2.05) is 79.0 Å².